The Kier molecular flexibility index (Phi) is 4.66. The monoisotopic (exact) mass is 316 g/mol. The molecule has 0 bridgehead atoms. The van der Waals surface area contributed by atoms with Crippen LogP contribution in [0.2, 0.25) is 0 Å². The van der Waals surface area contributed by atoms with Crippen molar-refractivity contribution in [1.29, 1.82) is 0 Å². The van der Waals surface area contributed by atoms with Crippen LogP contribution in [0.5, 0.6) is 0 Å². The molecule has 1 atom stereocenters. The fourth-order valence-corrected chi connectivity index (χ4v) is 3.20. The first-order valence-corrected chi connectivity index (χ1v) is 8.31. The van der Waals surface area contributed by atoms with Gasteiger partial charge in [0.15, 0.2) is 0 Å². The molecule has 0 N–H and O–H groups in total. The molecule has 2 amide bonds. The number of carbonyl (C=O) groups excluding carboxylic acids is 2. The molecule has 3 rings (SSSR count). The van der Waals surface area contributed by atoms with Crippen LogP contribution in [-0.2, 0) is 20.9 Å². The summed E-state index contributed by atoms with van der Waals surface area (Å²) in [4.78, 5) is 27.7. The maximum atomic E-state index is 12.4. The van der Waals surface area contributed by atoms with Crippen molar-refractivity contribution in [2.24, 2.45) is 5.92 Å². The van der Waals surface area contributed by atoms with Crippen molar-refractivity contribution in [1.82, 2.24) is 9.80 Å². The van der Waals surface area contributed by atoms with E-state index in [4.69, 9.17) is 4.74 Å². The van der Waals surface area contributed by atoms with Crippen LogP contribution in [0.15, 0.2) is 24.3 Å². The molecule has 1 aromatic carbocycles. The van der Waals surface area contributed by atoms with Gasteiger partial charge in [0.05, 0.1) is 18.6 Å². The largest absolute Gasteiger partial charge is 0.370 e. The number of rotatable bonds is 5. The van der Waals surface area contributed by atoms with Gasteiger partial charge < -0.3 is 14.5 Å². The van der Waals surface area contributed by atoms with Crippen molar-refractivity contribution in [3.63, 3.8) is 0 Å². The summed E-state index contributed by atoms with van der Waals surface area (Å²) in [6.07, 6.45) is 0.468. The Balaban J connectivity index is 1.43. The number of amides is 2. The van der Waals surface area contributed by atoms with Gasteiger partial charge in [-0.2, -0.15) is 0 Å². The zero-order valence-corrected chi connectivity index (χ0v) is 13.8. The van der Waals surface area contributed by atoms with Crippen molar-refractivity contribution in [2.75, 3.05) is 26.2 Å². The molecule has 1 aromatic rings. The Labute approximate surface area is 137 Å². The topological polar surface area (TPSA) is 49.9 Å². The lowest BCUT2D eigenvalue weighted by Gasteiger charge is -2.40. The van der Waals surface area contributed by atoms with Gasteiger partial charge in [-0.05, 0) is 25.0 Å². The van der Waals surface area contributed by atoms with Gasteiger partial charge in [0.1, 0.15) is 0 Å². The number of aryl methyl sites for hydroxylation is 1. The average molecular weight is 316 g/mol. The second-order valence-corrected chi connectivity index (χ2v) is 6.44. The van der Waals surface area contributed by atoms with E-state index in [1.165, 1.54) is 11.1 Å². The van der Waals surface area contributed by atoms with E-state index in [0.29, 0.717) is 39.2 Å². The van der Waals surface area contributed by atoms with Gasteiger partial charge in [0, 0.05) is 32.6 Å². The van der Waals surface area contributed by atoms with E-state index in [1.807, 2.05) is 24.0 Å². The summed E-state index contributed by atoms with van der Waals surface area (Å²) in [5.74, 6) is 0.0311. The molecular weight excluding hydrogens is 292 g/mol. The van der Waals surface area contributed by atoms with Gasteiger partial charge in [-0.15, -0.1) is 0 Å². The summed E-state index contributed by atoms with van der Waals surface area (Å²) >= 11 is 0. The van der Waals surface area contributed by atoms with E-state index in [-0.39, 0.29) is 23.8 Å². The van der Waals surface area contributed by atoms with E-state index >= 15 is 0 Å². The van der Waals surface area contributed by atoms with Crippen molar-refractivity contribution >= 4 is 11.8 Å². The number of carbonyl (C=O) groups is 2. The molecule has 23 heavy (non-hydrogen) atoms. The normalized spacial score (nSPS) is 21.7. The van der Waals surface area contributed by atoms with Crippen molar-refractivity contribution < 1.29 is 14.3 Å². The fraction of sp³-hybridized carbons (Fsp3) is 0.556. The first-order valence-electron chi connectivity index (χ1n) is 8.31. The zero-order valence-electron chi connectivity index (χ0n) is 13.8. The van der Waals surface area contributed by atoms with Crippen LogP contribution in [-0.4, -0.2) is 53.9 Å². The molecule has 5 nitrogen and oxygen atoms in total. The second-order valence-electron chi connectivity index (χ2n) is 6.44. The third-order valence-corrected chi connectivity index (χ3v) is 4.84. The smallest absolute Gasteiger partial charge is 0.228 e. The molecule has 0 radical (unpaired) electrons. The molecule has 0 saturated carbocycles. The maximum absolute atomic E-state index is 12.4. The number of nitrogens with zero attached hydrogens (tertiary/aromatic N) is 2. The molecule has 2 aliphatic rings. The lowest BCUT2D eigenvalue weighted by atomic mass is 10.0. The van der Waals surface area contributed by atoms with E-state index in [9.17, 15) is 9.59 Å². The van der Waals surface area contributed by atoms with E-state index in [0.717, 1.165) is 0 Å². The average Bonchev–Trinajstić information content (AvgIpc) is 2.88. The van der Waals surface area contributed by atoms with Gasteiger partial charge in [0.2, 0.25) is 11.8 Å². The molecule has 2 heterocycles. The molecule has 0 aromatic heterocycles. The Morgan fingerprint density at radius 1 is 1.26 bits per heavy atom. The molecule has 2 saturated heterocycles. The Morgan fingerprint density at radius 2 is 2.00 bits per heavy atom. The second kappa shape index (κ2) is 6.71. The minimum Gasteiger partial charge on any atom is -0.370 e. The highest BCUT2D eigenvalue weighted by Gasteiger charge is 2.40. The van der Waals surface area contributed by atoms with Gasteiger partial charge in [-0.1, -0.05) is 24.3 Å². The number of ether oxygens (including phenoxy) is 1. The highest BCUT2D eigenvalue weighted by atomic mass is 16.5. The van der Waals surface area contributed by atoms with Gasteiger partial charge in [-0.25, -0.2) is 0 Å². The van der Waals surface area contributed by atoms with Gasteiger partial charge >= 0.3 is 0 Å². The molecule has 2 fully saturated rings. The van der Waals surface area contributed by atoms with Crippen LogP contribution in [0.1, 0.15) is 24.5 Å². The molecule has 0 aliphatic carbocycles. The predicted octanol–water partition coefficient (Wildman–Crippen LogP) is 1.59. The molecule has 0 unspecified atom stereocenters. The van der Waals surface area contributed by atoms with Crippen LogP contribution < -0.4 is 0 Å². The highest BCUT2D eigenvalue weighted by molar-refractivity contribution is 5.89. The fourth-order valence-electron chi connectivity index (χ4n) is 3.20. The first-order chi connectivity index (χ1) is 11.1. The number of hydrogen-bond donors (Lipinski definition) is 0. The Morgan fingerprint density at radius 3 is 2.65 bits per heavy atom. The van der Waals surface area contributed by atoms with E-state index in [1.54, 1.807) is 4.90 Å². The Bertz CT molecular complexity index is 596. The lowest BCUT2D eigenvalue weighted by molar-refractivity contribution is -0.150. The van der Waals surface area contributed by atoms with Crippen LogP contribution in [0, 0.1) is 12.8 Å². The van der Waals surface area contributed by atoms with Crippen molar-refractivity contribution in [3.05, 3.63) is 35.4 Å². The van der Waals surface area contributed by atoms with Crippen LogP contribution in [0.4, 0.5) is 0 Å². The summed E-state index contributed by atoms with van der Waals surface area (Å²) in [6, 6.07) is 8.18. The van der Waals surface area contributed by atoms with Crippen LogP contribution in [0.25, 0.3) is 0 Å². The third-order valence-electron chi connectivity index (χ3n) is 4.84. The maximum Gasteiger partial charge on any atom is 0.228 e. The molecule has 5 heteroatoms. The standard InChI is InChI=1S/C18H24N2O3/c1-3-19-9-15(8-17(19)21)18(22)20-10-16(11-20)23-12-14-7-5-4-6-13(14)2/h4-7,15-16H,3,8-12H2,1-2H3/t15-/m1/s1. The predicted molar refractivity (Wildman–Crippen MR) is 86.7 cm³/mol. The van der Waals surface area contributed by atoms with Gasteiger partial charge in [-0.3, -0.25) is 9.59 Å². The summed E-state index contributed by atoms with van der Waals surface area (Å²) < 4.78 is 5.88. The number of benzene rings is 1. The SMILES string of the molecule is CCN1C[C@H](C(=O)N2CC(OCc3ccccc3C)C2)CC1=O. The van der Waals surface area contributed by atoms with Crippen molar-refractivity contribution in [2.45, 2.75) is 33.0 Å². The summed E-state index contributed by atoms with van der Waals surface area (Å²) in [6.45, 7) is 7.15. The summed E-state index contributed by atoms with van der Waals surface area (Å²) in [5, 5.41) is 0. The summed E-state index contributed by atoms with van der Waals surface area (Å²) in [5.41, 5.74) is 2.42. The summed E-state index contributed by atoms with van der Waals surface area (Å²) in [7, 11) is 0. The van der Waals surface area contributed by atoms with Crippen LogP contribution in [0.3, 0.4) is 0 Å². The molecule has 0 spiro atoms. The third kappa shape index (κ3) is 3.39. The number of hydrogen-bond acceptors (Lipinski definition) is 3. The van der Waals surface area contributed by atoms with Crippen molar-refractivity contribution in [3.8, 4) is 0 Å². The Hall–Kier alpha value is -1.88. The minimum atomic E-state index is -0.167. The highest BCUT2D eigenvalue weighted by Crippen LogP contribution is 2.24. The lowest BCUT2D eigenvalue weighted by Crippen LogP contribution is -2.56. The molecular formula is C18H24N2O3. The van der Waals surface area contributed by atoms with Crippen LogP contribution >= 0.6 is 0 Å². The zero-order chi connectivity index (χ0) is 16.4. The number of likely N-dealkylation sites (tertiary alicyclic amines) is 2. The van der Waals surface area contributed by atoms with E-state index < -0.39 is 0 Å². The first kappa shape index (κ1) is 16.0. The van der Waals surface area contributed by atoms with Gasteiger partial charge in [0.25, 0.3) is 0 Å². The molecule has 124 valence electrons. The van der Waals surface area contributed by atoms with E-state index in [2.05, 4.69) is 19.1 Å². The molecule has 2 aliphatic heterocycles. The quantitative estimate of drug-likeness (QED) is 0.829. The minimum absolute atomic E-state index is 0.0960.